The summed E-state index contributed by atoms with van der Waals surface area (Å²) in [4.78, 5) is 120. The van der Waals surface area contributed by atoms with Gasteiger partial charge in [0.1, 0.15) is 48.6 Å². The number of amides is 4. The Kier molecular flexibility index (Phi) is 27.7. The highest BCUT2D eigenvalue weighted by Gasteiger charge is 2.32. The number of unbranched alkanes of at least 4 members (excludes halogenated alkanes) is 1. The maximum atomic E-state index is 13.9. The molecule has 35 heteroatoms. The second-order valence-electron chi connectivity index (χ2n) is 21.3. The van der Waals surface area contributed by atoms with Crippen LogP contribution in [0.25, 0.3) is 44.6 Å². The standard InChI is InChI=1S/C61H74N14O17S4/c1-5-74(6-2)37-16-19-40-47(27-37)90-48-28-38(75(7-3)8-4)17-20-41(48)52(40)42-21-18-39(29-49(42)95-92-91-87)96(88,89)66-25-26-93-94-33-46(60(85)86)71-56(80)43(11-9-10-24-62)69-57(81)45(30-51(77)78)68-50(76)23-22-44(59(83)84)70-55(79)34-12-14-35(15-13-34)64-31-36-32-65-54-53(67-36)58(82)73-61(63)72-54/h12-21,27-29,32,43-46,64,66H,5-11,22-26,30-31,33,62H2,1-4H3,(H10-,63,65,68,69,70,71,72,73,76,77,78,79,80,81,82,83,84,85,86,87). The van der Waals surface area contributed by atoms with Gasteiger partial charge in [-0.15, -0.1) is 0 Å². The van der Waals surface area contributed by atoms with Crippen LogP contribution in [0.15, 0.2) is 104 Å². The largest absolute Gasteiger partial charge is 0.691 e. The number of hydrogen-bond donors (Lipinski definition) is 12. The van der Waals surface area contributed by atoms with Gasteiger partial charge in [0.25, 0.3) is 11.5 Å². The monoisotopic (exact) mass is 1400 g/mol. The molecule has 514 valence electrons. The van der Waals surface area contributed by atoms with Gasteiger partial charge in [0, 0.05) is 88.0 Å². The van der Waals surface area contributed by atoms with Gasteiger partial charge in [0.05, 0.1) is 47.9 Å². The molecule has 0 fully saturated rings. The van der Waals surface area contributed by atoms with Crippen LogP contribution in [-0.4, -0.2) is 160 Å². The number of H-pyrrole nitrogens is 1. The molecular formula is C61H74N14O17S4. The molecule has 31 nitrogen and oxygen atoms in total. The Morgan fingerprint density at radius 1 is 0.802 bits per heavy atom. The van der Waals surface area contributed by atoms with Gasteiger partial charge >= 0.3 is 17.9 Å². The van der Waals surface area contributed by atoms with Crippen molar-refractivity contribution in [2.24, 2.45) is 5.73 Å². The van der Waals surface area contributed by atoms with Crippen molar-refractivity contribution < 1.29 is 76.3 Å². The van der Waals surface area contributed by atoms with Crippen molar-refractivity contribution in [3.63, 3.8) is 0 Å². The maximum Gasteiger partial charge on any atom is 0.327 e. The van der Waals surface area contributed by atoms with E-state index >= 15 is 0 Å². The zero-order chi connectivity index (χ0) is 69.6. The fourth-order valence-corrected chi connectivity index (χ4v) is 14.0. The summed E-state index contributed by atoms with van der Waals surface area (Å²) in [5, 5.41) is 58.8. The molecule has 4 atom stereocenters. The molecule has 2 aromatic heterocycles. The number of aromatic amines is 1. The van der Waals surface area contributed by atoms with E-state index in [0.29, 0.717) is 63.3 Å². The summed E-state index contributed by atoms with van der Waals surface area (Å²) in [6.45, 7) is 11.4. The van der Waals surface area contributed by atoms with Crippen molar-refractivity contribution in [2.75, 3.05) is 66.7 Å². The first-order valence-electron chi connectivity index (χ1n) is 30.3. The lowest BCUT2D eigenvalue weighted by atomic mass is 9.93. The average Bonchev–Trinajstić information content (AvgIpc) is 0.745. The first-order valence-corrected chi connectivity index (χ1v) is 35.0. The molecule has 96 heavy (non-hydrogen) atoms. The maximum absolute atomic E-state index is 13.9. The van der Waals surface area contributed by atoms with E-state index in [-0.39, 0.29) is 76.4 Å². The molecule has 1 aliphatic heterocycles. The Balaban J connectivity index is 0.931. The van der Waals surface area contributed by atoms with E-state index in [1.54, 1.807) is 6.07 Å². The van der Waals surface area contributed by atoms with Crippen LogP contribution in [0.3, 0.4) is 0 Å². The van der Waals surface area contributed by atoms with Gasteiger partial charge < -0.3 is 67.9 Å². The number of carboxylic acid groups (broad SMARTS) is 3. The predicted octanol–water partition coefficient (Wildman–Crippen LogP) is 2.78. The molecule has 4 amide bonds. The van der Waals surface area contributed by atoms with Crippen molar-refractivity contribution in [1.29, 1.82) is 0 Å². The molecule has 0 saturated heterocycles. The van der Waals surface area contributed by atoms with Crippen LogP contribution >= 0.6 is 33.6 Å². The first kappa shape index (κ1) is 74.5. The van der Waals surface area contributed by atoms with E-state index in [9.17, 15) is 67.4 Å². The van der Waals surface area contributed by atoms with E-state index < -0.39 is 101 Å². The molecule has 0 spiro atoms. The number of anilines is 3. The number of aromatic nitrogens is 4. The van der Waals surface area contributed by atoms with Crippen molar-refractivity contribution in [3.8, 4) is 22.5 Å². The zero-order valence-electron chi connectivity index (χ0n) is 52.6. The van der Waals surface area contributed by atoms with E-state index in [2.05, 4.69) is 93.5 Å². The third-order valence-electron chi connectivity index (χ3n) is 15.0. The van der Waals surface area contributed by atoms with Crippen LogP contribution in [0.2, 0.25) is 0 Å². The van der Waals surface area contributed by atoms with Gasteiger partial charge in [-0.25, -0.2) is 37.3 Å². The summed E-state index contributed by atoms with van der Waals surface area (Å²) in [5.41, 5.74) is 15.0. The topological polar surface area (TPSA) is 471 Å². The molecule has 4 unspecified atom stereocenters. The number of nitrogens with zero attached hydrogens (tertiary/aromatic N) is 5. The van der Waals surface area contributed by atoms with Crippen LogP contribution in [0.1, 0.15) is 82.3 Å². The zero-order valence-corrected chi connectivity index (χ0v) is 55.8. The fraction of sp³-hybridized carbons (Fsp3) is 0.377. The number of aliphatic carboxylic acids is 3. The Hall–Kier alpha value is -8.94. The number of sulfonamides is 1. The number of carbonyl (C=O) groups is 7. The molecule has 3 aromatic carbocycles. The Labute approximate surface area is 562 Å². The number of nitrogens with two attached hydrogens (primary N) is 2. The molecule has 2 aliphatic rings. The van der Waals surface area contributed by atoms with Gasteiger partial charge in [-0.3, -0.25) is 38.8 Å². The van der Waals surface area contributed by atoms with Gasteiger partial charge in [0.2, 0.25) is 39.1 Å². The lowest BCUT2D eigenvalue weighted by Crippen LogP contribution is -2.56. The lowest BCUT2D eigenvalue weighted by Gasteiger charge is -2.24. The smallest absolute Gasteiger partial charge is 0.327 e. The lowest BCUT2D eigenvalue weighted by molar-refractivity contribution is -0.777. The van der Waals surface area contributed by atoms with Crippen LogP contribution in [0, 0.1) is 0 Å². The molecule has 1 aliphatic carbocycles. The Morgan fingerprint density at radius 3 is 2.19 bits per heavy atom. The van der Waals surface area contributed by atoms with Crippen LogP contribution in [0.5, 0.6) is 0 Å². The molecule has 0 bridgehead atoms. The number of fused-ring (bicyclic) bond motifs is 3. The van der Waals surface area contributed by atoms with Crippen LogP contribution in [-0.2, 0) is 54.7 Å². The van der Waals surface area contributed by atoms with E-state index in [0.717, 1.165) is 58.8 Å². The number of rotatable bonds is 38. The third kappa shape index (κ3) is 20.3. The van der Waals surface area contributed by atoms with Gasteiger partial charge in [-0.1, -0.05) is 27.7 Å². The van der Waals surface area contributed by atoms with Gasteiger partial charge in [-0.2, -0.15) is 9.32 Å². The van der Waals surface area contributed by atoms with Crippen LogP contribution < -0.4 is 68.4 Å². The summed E-state index contributed by atoms with van der Waals surface area (Å²) < 4.78 is 43.8. The van der Waals surface area contributed by atoms with E-state index in [1.807, 2.05) is 36.4 Å². The SMILES string of the molecule is CCN(CC)c1ccc2c(-c3ccc(S(=O)(=O)NCCSSCC(NC(=O)C(CCCCN)NC(=O)C(CC(=O)O)NC(=O)CCC(NC(=O)c4ccc(NCc5cnc6nc(N)[nH]c(=O)c6n5)cc4)C(=O)O)C(=O)O)cc3SOO[O-])c3ccc(=[N+](CC)CC)cc-3oc2c1. The summed E-state index contributed by atoms with van der Waals surface area (Å²) in [6.07, 6.45) is -0.202. The second kappa shape index (κ2) is 35.7. The Bertz CT molecular complexity index is 4150. The highest BCUT2D eigenvalue weighted by Crippen LogP contribution is 2.45. The summed E-state index contributed by atoms with van der Waals surface area (Å²) in [5.74, 6) is -8.11. The molecule has 7 rings (SSSR count). The van der Waals surface area contributed by atoms with E-state index in [1.165, 1.54) is 42.6 Å². The third-order valence-corrected chi connectivity index (χ3v) is 19.5. The number of carboxylic acids is 3. The quantitative estimate of drug-likeness (QED) is 0.00503. The number of hydrogen-bond acceptors (Lipinski definition) is 24. The summed E-state index contributed by atoms with van der Waals surface area (Å²) in [6, 6.07) is 15.5. The average molecular weight is 1400 g/mol. The second-order valence-corrected chi connectivity index (χ2v) is 26.5. The number of nitrogen functional groups attached to an aromatic ring is 1. The molecule has 5 aromatic rings. The van der Waals surface area contributed by atoms with Crippen molar-refractivity contribution in [2.45, 2.75) is 107 Å². The van der Waals surface area contributed by atoms with Crippen molar-refractivity contribution in [3.05, 3.63) is 112 Å². The highest BCUT2D eigenvalue weighted by molar-refractivity contribution is 8.76. The normalized spacial score (nSPS) is 12.7. The molecule has 0 saturated carbocycles. The first-order chi connectivity index (χ1) is 46.0. The minimum Gasteiger partial charge on any atom is -0.691 e. The van der Waals surface area contributed by atoms with Gasteiger partial charge in [0.15, 0.2) is 11.2 Å². The number of nitrogens with one attached hydrogen (secondary N) is 7. The molecule has 14 N–H and O–H groups in total. The van der Waals surface area contributed by atoms with Crippen molar-refractivity contribution >= 4 is 125 Å². The fourth-order valence-electron chi connectivity index (χ4n) is 10.1. The molecular weight excluding hydrogens is 1330 g/mol. The van der Waals surface area contributed by atoms with E-state index in [4.69, 9.17) is 20.2 Å². The molecule has 0 radical (unpaired) electrons. The minimum absolute atomic E-state index is 0.0206. The molecule has 3 heterocycles. The number of benzene rings is 4. The minimum atomic E-state index is -4.24. The highest BCUT2D eigenvalue weighted by atomic mass is 33.1. The summed E-state index contributed by atoms with van der Waals surface area (Å²) in [7, 11) is -2.16. The number of carbonyl (C=O) groups excluding carboxylic acids is 4. The van der Waals surface area contributed by atoms with Crippen molar-refractivity contribution in [1.82, 2.24) is 50.5 Å². The van der Waals surface area contributed by atoms with Gasteiger partial charge in [-0.05, 0) is 120 Å². The summed E-state index contributed by atoms with van der Waals surface area (Å²) >= 11 is 0.527. The Morgan fingerprint density at radius 2 is 1.51 bits per heavy atom. The van der Waals surface area contributed by atoms with Crippen LogP contribution in [0.4, 0.5) is 17.3 Å². The predicted molar refractivity (Wildman–Crippen MR) is 359 cm³/mol.